The van der Waals surface area contributed by atoms with Crippen LogP contribution in [-0.2, 0) is 17.6 Å². The van der Waals surface area contributed by atoms with Gasteiger partial charge in [-0.2, -0.15) is 0 Å². The van der Waals surface area contributed by atoms with Gasteiger partial charge >= 0.3 is 0 Å². The smallest absolute Gasteiger partial charge is 0.133 e. The molecule has 1 N–H and O–H groups in total. The molecular weight excluding hydrogens is 214 g/mol. The van der Waals surface area contributed by atoms with E-state index in [2.05, 4.69) is 36.1 Å². The monoisotopic (exact) mass is 237 g/mol. The molecular formula is C13H23N3O. The fraction of sp³-hybridized carbons (Fsp3) is 0.692. The second-order valence-electron chi connectivity index (χ2n) is 4.19. The molecule has 1 rings (SSSR count). The maximum absolute atomic E-state index is 5.26. The Kier molecular flexibility index (Phi) is 5.35. The molecule has 0 saturated heterocycles. The lowest BCUT2D eigenvalue weighted by Crippen LogP contribution is -2.15. The summed E-state index contributed by atoms with van der Waals surface area (Å²) in [7, 11) is 1.71. The summed E-state index contributed by atoms with van der Waals surface area (Å²) < 4.78 is 5.26. The normalized spacial score (nSPS) is 12.5. The van der Waals surface area contributed by atoms with Crippen molar-refractivity contribution >= 4 is 5.82 Å². The third-order valence-corrected chi connectivity index (χ3v) is 2.84. The van der Waals surface area contributed by atoms with Gasteiger partial charge in [0.15, 0.2) is 0 Å². The van der Waals surface area contributed by atoms with E-state index in [0.29, 0.717) is 0 Å². The van der Waals surface area contributed by atoms with Gasteiger partial charge in [-0.05, 0) is 27.2 Å². The van der Waals surface area contributed by atoms with Gasteiger partial charge in [0.1, 0.15) is 11.6 Å². The van der Waals surface area contributed by atoms with Crippen molar-refractivity contribution in [2.45, 2.75) is 46.6 Å². The standard InChI is InChI=1S/C13H23N3O/c1-6-11-10(4)13(14-7-2)16-12(15-11)8-9(3)17-5/h9H,6-8H2,1-5H3,(H,14,15,16). The number of anilines is 1. The fourth-order valence-corrected chi connectivity index (χ4v) is 1.73. The maximum atomic E-state index is 5.26. The SMILES string of the molecule is CCNc1nc(CC(C)OC)nc(CC)c1C. The summed E-state index contributed by atoms with van der Waals surface area (Å²) >= 11 is 0. The van der Waals surface area contributed by atoms with Crippen LogP contribution in [0.25, 0.3) is 0 Å². The number of hydrogen-bond acceptors (Lipinski definition) is 4. The van der Waals surface area contributed by atoms with Crippen molar-refractivity contribution in [1.82, 2.24) is 9.97 Å². The molecule has 1 aromatic heterocycles. The van der Waals surface area contributed by atoms with Crippen LogP contribution < -0.4 is 5.32 Å². The van der Waals surface area contributed by atoms with Crippen LogP contribution >= 0.6 is 0 Å². The van der Waals surface area contributed by atoms with E-state index < -0.39 is 0 Å². The van der Waals surface area contributed by atoms with E-state index in [0.717, 1.165) is 42.3 Å². The Hall–Kier alpha value is -1.16. The number of aryl methyl sites for hydroxylation is 1. The molecule has 0 amide bonds. The highest BCUT2D eigenvalue weighted by Crippen LogP contribution is 2.16. The van der Waals surface area contributed by atoms with Crippen LogP contribution in [0.15, 0.2) is 0 Å². The third-order valence-electron chi connectivity index (χ3n) is 2.84. The van der Waals surface area contributed by atoms with Crippen LogP contribution in [-0.4, -0.2) is 29.7 Å². The summed E-state index contributed by atoms with van der Waals surface area (Å²) in [5.74, 6) is 1.82. The van der Waals surface area contributed by atoms with E-state index in [9.17, 15) is 0 Å². The second kappa shape index (κ2) is 6.55. The summed E-state index contributed by atoms with van der Waals surface area (Å²) in [4.78, 5) is 9.15. The van der Waals surface area contributed by atoms with E-state index in [1.165, 1.54) is 0 Å². The van der Waals surface area contributed by atoms with Gasteiger partial charge in [0, 0.05) is 31.3 Å². The van der Waals surface area contributed by atoms with Crippen molar-refractivity contribution in [2.24, 2.45) is 0 Å². The van der Waals surface area contributed by atoms with Gasteiger partial charge < -0.3 is 10.1 Å². The fourth-order valence-electron chi connectivity index (χ4n) is 1.73. The zero-order valence-electron chi connectivity index (χ0n) is 11.5. The van der Waals surface area contributed by atoms with Gasteiger partial charge in [0.2, 0.25) is 0 Å². The molecule has 0 aromatic carbocycles. The molecule has 4 heteroatoms. The van der Waals surface area contributed by atoms with Crippen LogP contribution in [0, 0.1) is 6.92 Å². The van der Waals surface area contributed by atoms with Crippen LogP contribution in [0.3, 0.4) is 0 Å². The average Bonchev–Trinajstić information content (AvgIpc) is 2.33. The Balaban J connectivity index is 3.02. The van der Waals surface area contributed by atoms with Gasteiger partial charge in [-0.15, -0.1) is 0 Å². The Morgan fingerprint density at radius 3 is 2.53 bits per heavy atom. The highest BCUT2D eigenvalue weighted by molar-refractivity contribution is 5.45. The van der Waals surface area contributed by atoms with Crippen molar-refractivity contribution in [2.75, 3.05) is 19.0 Å². The summed E-state index contributed by atoms with van der Waals surface area (Å²) in [5, 5.41) is 3.29. The maximum Gasteiger partial charge on any atom is 0.133 e. The molecule has 0 spiro atoms. The van der Waals surface area contributed by atoms with Gasteiger partial charge in [0.25, 0.3) is 0 Å². The Bertz CT molecular complexity index is 366. The lowest BCUT2D eigenvalue weighted by Gasteiger charge is -2.14. The molecule has 1 aromatic rings. The number of hydrogen-bond donors (Lipinski definition) is 1. The van der Waals surface area contributed by atoms with Crippen LogP contribution in [0.1, 0.15) is 37.9 Å². The molecule has 4 nitrogen and oxygen atoms in total. The molecule has 0 aliphatic rings. The second-order valence-corrected chi connectivity index (χ2v) is 4.19. The van der Waals surface area contributed by atoms with Crippen LogP contribution in [0.2, 0.25) is 0 Å². The van der Waals surface area contributed by atoms with Gasteiger partial charge in [-0.3, -0.25) is 0 Å². The van der Waals surface area contributed by atoms with Gasteiger partial charge in [-0.1, -0.05) is 6.92 Å². The number of methoxy groups -OCH3 is 1. The summed E-state index contributed by atoms with van der Waals surface area (Å²) in [6.07, 6.45) is 1.83. The molecule has 17 heavy (non-hydrogen) atoms. The molecule has 0 saturated carbocycles. The van der Waals surface area contributed by atoms with Crippen molar-refractivity contribution in [3.8, 4) is 0 Å². The average molecular weight is 237 g/mol. The van der Waals surface area contributed by atoms with E-state index in [4.69, 9.17) is 4.74 Å². The predicted molar refractivity (Wildman–Crippen MR) is 70.5 cm³/mol. The largest absolute Gasteiger partial charge is 0.381 e. The third kappa shape index (κ3) is 3.66. The van der Waals surface area contributed by atoms with E-state index in [1.54, 1.807) is 7.11 Å². The van der Waals surface area contributed by atoms with E-state index in [-0.39, 0.29) is 6.10 Å². The molecule has 0 aliphatic carbocycles. The molecule has 0 aliphatic heterocycles. The molecule has 0 radical (unpaired) electrons. The minimum Gasteiger partial charge on any atom is -0.381 e. The molecule has 0 bridgehead atoms. The summed E-state index contributed by atoms with van der Waals surface area (Å²) in [5.41, 5.74) is 2.28. The van der Waals surface area contributed by atoms with Crippen molar-refractivity contribution in [1.29, 1.82) is 0 Å². The topological polar surface area (TPSA) is 47.0 Å². The van der Waals surface area contributed by atoms with E-state index >= 15 is 0 Å². The number of rotatable bonds is 6. The molecule has 1 heterocycles. The van der Waals surface area contributed by atoms with Crippen LogP contribution in [0.4, 0.5) is 5.82 Å². The zero-order valence-corrected chi connectivity index (χ0v) is 11.5. The number of nitrogens with one attached hydrogen (secondary N) is 1. The molecule has 1 atom stereocenters. The first-order valence-electron chi connectivity index (χ1n) is 6.25. The quantitative estimate of drug-likeness (QED) is 0.825. The lowest BCUT2D eigenvalue weighted by atomic mass is 10.1. The Labute approximate surface area is 104 Å². The summed E-state index contributed by atoms with van der Waals surface area (Å²) in [6, 6.07) is 0. The Morgan fingerprint density at radius 2 is 2.00 bits per heavy atom. The Morgan fingerprint density at radius 1 is 1.29 bits per heavy atom. The molecule has 0 fully saturated rings. The molecule has 1 unspecified atom stereocenters. The molecule has 96 valence electrons. The first kappa shape index (κ1) is 13.9. The number of nitrogens with zero attached hydrogens (tertiary/aromatic N) is 2. The highest BCUT2D eigenvalue weighted by atomic mass is 16.5. The number of aromatic nitrogens is 2. The minimum absolute atomic E-state index is 0.150. The zero-order chi connectivity index (χ0) is 12.8. The van der Waals surface area contributed by atoms with Crippen molar-refractivity contribution in [3.63, 3.8) is 0 Å². The summed E-state index contributed by atoms with van der Waals surface area (Å²) in [6.45, 7) is 9.17. The highest BCUT2D eigenvalue weighted by Gasteiger charge is 2.11. The van der Waals surface area contributed by atoms with Gasteiger partial charge in [0.05, 0.1) is 6.10 Å². The first-order valence-corrected chi connectivity index (χ1v) is 6.25. The van der Waals surface area contributed by atoms with E-state index in [1.807, 2.05) is 6.92 Å². The lowest BCUT2D eigenvalue weighted by molar-refractivity contribution is 0.117. The minimum atomic E-state index is 0.150. The van der Waals surface area contributed by atoms with Crippen molar-refractivity contribution < 1.29 is 4.74 Å². The predicted octanol–water partition coefficient (Wildman–Crippen LogP) is 2.36. The van der Waals surface area contributed by atoms with Crippen LogP contribution in [0.5, 0.6) is 0 Å². The van der Waals surface area contributed by atoms with Gasteiger partial charge in [-0.25, -0.2) is 9.97 Å². The number of ether oxygens (including phenoxy) is 1. The van der Waals surface area contributed by atoms with Crippen molar-refractivity contribution in [3.05, 3.63) is 17.1 Å². The first-order chi connectivity index (χ1) is 8.12.